The van der Waals surface area contributed by atoms with Gasteiger partial charge >= 0.3 is 0 Å². The van der Waals surface area contributed by atoms with E-state index in [1.807, 2.05) is 0 Å². The van der Waals surface area contributed by atoms with Gasteiger partial charge in [-0.25, -0.2) is 0 Å². The second-order valence-electron chi connectivity index (χ2n) is 5.25. The molecule has 1 N–H and O–H groups in total. The van der Waals surface area contributed by atoms with Gasteiger partial charge in [-0.1, -0.05) is 30.7 Å². The van der Waals surface area contributed by atoms with Crippen LogP contribution in [0.5, 0.6) is 0 Å². The van der Waals surface area contributed by atoms with E-state index in [2.05, 4.69) is 41.3 Å². The molecule has 0 amide bonds. The van der Waals surface area contributed by atoms with Crippen LogP contribution >= 0.6 is 11.8 Å². The fourth-order valence-electron chi connectivity index (χ4n) is 2.93. The average molecular weight is 247 g/mol. The predicted molar refractivity (Wildman–Crippen MR) is 75.9 cm³/mol. The standard InChI is InChI=1S/C15H21NS/c1-2-7-15-12(5-1)9-13(15)10-16-11-14-6-3-4-8-17-14/h1-2,5,7,13-14,16H,3-4,6,8-11H2. The molecular formula is C15H21NS. The zero-order chi connectivity index (χ0) is 11.5. The monoisotopic (exact) mass is 247 g/mol. The molecule has 92 valence electrons. The Morgan fingerprint density at radius 1 is 1.18 bits per heavy atom. The van der Waals surface area contributed by atoms with Crippen molar-refractivity contribution in [2.24, 2.45) is 0 Å². The van der Waals surface area contributed by atoms with Crippen molar-refractivity contribution in [2.45, 2.75) is 36.9 Å². The van der Waals surface area contributed by atoms with E-state index in [-0.39, 0.29) is 0 Å². The van der Waals surface area contributed by atoms with Crippen molar-refractivity contribution < 1.29 is 0 Å². The molecule has 2 unspecified atom stereocenters. The highest BCUT2D eigenvalue weighted by atomic mass is 32.2. The molecule has 0 radical (unpaired) electrons. The molecule has 3 rings (SSSR count). The second kappa shape index (κ2) is 5.45. The Kier molecular flexibility index (Phi) is 3.72. The minimum Gasteiger partial charge on any atom is -0.315 e. The van der Waals surface area contributed by atoms with Gasteiger partial charge in [0.15, 0.2) is 0 Å². The molecule has 1 nitrogen and oxygen atoms in total. The largest absolute Gasteiger partial charge is 0.315 e. The number of nitrogens with one attached hydrogen (secondary N) is 1. The van der Waals surface area contributed by atoms with E-state index >= 15 is 0 Å². The van der Waals surface area contributed by atoms with E-state index < -0.39 is 0 Å². The first-order chi connectivity index (χ1) is 8.43. The highest BCUT2D eigenvalue weighted by Gasteiger charge is 2.25. The summed E-state index contributed by atoms with van der Waals surface area (Å²) in [5.41, 5.74) is 3.14. The van der Waals surface area contributed by atoms with Gasteiger partial charge < -0.3 is 5.32 Å². The second-order valence-corrected chi connectivity index (χ2v) is 6.65. The third-order valence-electron chi connectivity index (χ3n) is 4.00. The molecule has 0 spiro atoms. The minimum absolute atomic E-state index is 0.778. The number of fused-ring (bicyclic) bond motifs is 1. The van der Waals surface area contributed by atoms with E-state index in [0.29, 0.717) is 0 Å². The summed E-state index contributed by atoms with van der Waals surface area (Å²) >= 11 is 2.16. The lowest BCUT2D eigenvalue weighted by molar-refractivity contribution is 0.520. The molecule has 1 aromatic rings. The van der Waals surface area contributed by atoms with Gasteiger partial charge in [0, 0.05) is 24.3 Å². The molecule has 1 saturated heterocycles. The molecule has 2 aliphatic rings. The van der Waals surface area contributed by atoms with Gasteiger partial charge in [-0.2, -0.15) is 11.8 Å². The Morgan fingerprint density at radius 3 is 2.94 bits per heavy atom. The quantitative estimate of drug-likeness (QED) is 0.877. The lowest BCUT2D eigenvalue weighted by Gasteiger charge is -2.31. The maximum Gasteiger partial charge on any atom is 0.0172 e. The van der Waals surface area contributed by atoms with Crippen molar-refractivity contribution in [1.82, 2.24) is 5.32 Å². The Bertz CT molecular complexity index is 371. The minimum atomic E-state index is 0.778. The lowest BCUT2D eigenvalue weighted by Crippen LogP contribution is -2.33. The molecule has 0 aromatic heterocycles. The van der Waals surface area contributed by atoms with Crippen LogP contribution in [-0.2, 0) is 6.42 Å². The van der Waals surface area contributed by atoms with Crippen molar-refractivity contribution in [3.63, 3.8) is 0 Å². The summed E-state index contributed by atoms with van der Waals surface area (Å²) in [5, 5.41) is 4.55. The summed E-state index contributed by atoms with van der Waals surface area (Å²) in [7, 11) is 0. The van der Waals surface area contributed by atoms with E-state index in [1.54, 1.807) is 11.1 Å². The zero-order valence-electron chi connectivity index (χ0n) is 10.3. The predicted octanol–water partition coefficient (Wildman–Crippen LogP) is 3.20. The summed E-state index contributed by atoms with van der Waals surface area (Å²) in [6, 6.07) is 8.88. The average Bonchev–Trinajstić information content (AvgIpc) is 2.36. The fourth-order valence-corrected chi connectivity index (χ4v) is 4.20. The van der Waals surface area contributed by atoms with E-state index in [9.17, 15) is 0 Å². The van der Waals surface area contributed by atoms with Crippen LogP contribution in [0.2, 0.25) is 0 Å². The molecule has 2 atom stereocenters. The number of hydrogen-bond acceptors (Lipinski definition) is 2. The van der Waals surface area contributed by atoms with Crippen molar-refractivity contribution >= 4 is 11.8 Å². The van der Waals surface area contributed by atoms with Gasteiger partial charge in [-0.05, 0) is 36.1 Å². The molecule has 2 heteroatoms. The van der Waals surface area contributed by atoms with Crippen LogP contribution in [0.3, 0.4) is 0 Å². The van der Waals surface area contributed by atoms with Crippen LogP contribution in [0.25, 0.3) is 0 Å². The van der Waals surface area contributed by atoms with Crippen LogP contribution in [0.1, 0.15) is 36.3 Å². The van der Waals surface area contributed by atoms with Crippen LogP contribution < -0.4 is 5.32 Å². The van der Waals surface area contributed by atoms with Gasteiger partial charge in [0.1, 0.15) is 0 Å². The molecule has 0 bridgehead atoms. The third kappa shape index (κ3) is 2.69. The number of benzene rings is 1. The Labute approximate surface area is 108 Å². The summed E-state index contributed by atoms with van der Waals surface area (Å²) < 4.78 is 0. The summed E-state index contributed by atoms with van der Waals surface area (Å²) in [5.74, 6) is 2.15. The van der Waals surface area contributed by atoms with Gasteiger partial charge in [0.05, 0.1) is 0 Å². The van der Waals surface area contributed by atoms with Crippen molar-refractivity contribution in [2.75, 3.05) is 18.8 Å². The molecule has 1 heterocycles. The molecule has 1 aromatic carbocycles. The molecule has 0 saturated carbocycles. The smallest absolute Gasteiger partial charge is 0.0172 e. The van der Waals surface area contributed by atoms with Crippen LogP contribution in [-0.4, -0.2) is 24.1 Å². The lowest BCUT2D eigenvalue weighted by atomic mass is 9.77. The van der Waals surface area contributed by atoms with E-state index in [0.717, 1.165) is 11.2 Å². The highest BCUT2D eigenvalue weighted by molar-refractivity contribution is 7.99. The Morgan fingerprint density at radius 2 is 2.12 bits per heavy atom. The molecular weight excluding hydrogens is 226 g/mol. The first-order valence-corrected chi connectivity index (χ1v) is 7.88. The first-order valence-electron chi connectivity index (χ1n) is 6.83. The van der Waals surface area contributed by atoms with Crippen molar-refractivity contribution in [3.05, 3.63) is 35.4 Å². The van der Waals surface area contributed by atoms with E-state index in [1.165, 1.54) is 44.5 Å². The molecule has 17 heavy (non-hydrogen) atoms. The van der Waals surface area contributed by atoms with E-state index in [4.69, 9.17) is 0 Å². The summed E-state index contributed by atoms with van der Waals surface area (Å²) in [4.78, 5) is 0. The van der Waals surface area contributed by atoms with Gasteiger partial charge in [-0.15, -0.1) is 0 Å². The maximum atomic E-state index is 3.68. The SMILES string of the molecule is c1ccc2c(c1)CC2CNCC1CCCCS1. The zero-order valence-corrected chi connectivity index (χ0v) is 11.1. The van der Waals surface area contributed by atoms with Crippen molar-refractivity contribution in [1.29, 1.82) is 0 Å². The molecule has 1 aliphatic carbocycles. The number of rotatable bonds is 4. The fraction of sp³-hybridized carbons (Fsp3) is 0.600. The summed E-state index contributed by atoms with van der Waals surface area (Å²) in [6.07, 6.45) is 5.56. The third-order valence-corrected chi connectivity index (χ3v) is 5.40. The normalized spacial score (nSPS) is 27.3. The van der Waals surface area contributed by atoms with Gasteiger partial charge in [0.25, 0.3) is 0 Å². The number of hydrogen-bond donors (Lipinski definition) is 1. The highest BCUT2D eigenvalue weighted by Crippen LogP contribution is 2.34. The topological polar surface area (TPSA) is 12.0 Å². The van der Waals surface area contributed by atoms with Crippen LogP contribution in [0.4, 0.5) is 0 Å². The Balaban J connectivity index is 1.41. The van der Waals surface area contributed by atoms with Crippen LogP contribution in [0.15, 0.2) is 24.3 Å². The maximum absolute atomic E-state index is 3.68. The molecule has 1 fully saturated rings. The Hall–Kier alpha value is -0.470. The van der Waals surface area contributed by atoms with Gasteiger partial charge in [-0.3, -0.25) is 0 Å². The van der Waals surface area contributed by atoms with Crippen molar-refractivity contribution in [3.8, 4) is 0 Å². The molecule has 1 aliphatic heterocycles. The first kappa shape index (κ1) is 11.6. The van der Waals surface area contributed by atoms with Crippen LogP contribution in [0, 0.1) is 0 Å². The summed E-state index contributed by atoms with van der Waals surface area (Å²) in [6.45, 7) is 2.39. The number of thioether (sulfide) groups is 1. The van der Waals surface area contributed by atoms with Gasteiger partial charge in [0.2, 0.25) is 0 Å².